The van der Waals surface area contributed by atoms with E-state index in [9.17, 15) is 24.8 Å². The van der Waals surface area contributed by atoms with Crippen molar-refractivity contribution in [1.29, 1.82) is 0 Å². The molecule has 0 spiro atoms. The van der Waals surface area contributed by atoms with Crippen molar-refractivity contribution in [3.05, 3.63) is 16.3 Å². The van der Waals surface area contributed by atoms with Gasteiger partial charge in [-0.2, -0.15) is 0 Å². The lowest BCUT2D eigenvalue weighted by molar-refractivity contribution is -0.380. The Bertz CT molecular complexity index is 564. The minimum atomic E-state index is -1.20. The summed E-state index contributed by atoms with van der Waals surface area (Å²) in [6, 6.07) is 0. The molecule has 0 saturated carbocycles. The Morgan fingerprint density at radius 2 is 2.52 bits per heavy atom. The van der Waals surface area contributed by atoms with E-state index in [0.717, 1.165) is 22.4 Å². The number of aldehydes is 1. The van der Waals surface area contributed by atoms with Gasteiger partial charge in [0.05, 0.1) is 4.92 Å². The molecular formula is C10H13N5O5S. The van der Waals surface area contributed by atoms with Crippen LogP contribution in [-0.4, -0.2) is 57.6 Å². The zero-order valence-corrected chi connectivity index (χ0v) is 11.6. The Kier molecular flexibility index (Phi) is 4.33. The van der Waals surface area contributed by atoms with Crippen LogP contribution in [0.25, 0.3) is 0 Å². The van der Waals surface area contributed by atoms with Crippen molar-refractivity contribution in [3.8, 4) is 0 Å². The highest BCUT2D eigenvalue weighted by molar-refractivity contribution is 7.18. The molecule has 114 valence electrons. The average Bonchev–Trinajstić information content (AvgIpc) is 2.87. The Hall–Kier alpha value is -2.27. The van der Waals surface area contributed by atoms with Gasteiger partial charge in [-0.15, -0.1) is 0 Å². The maximum absolute atomic E-state index is 11.4. The number of amides is 1. The second kappa shape index (κ2) is 6.01. The summed E-state index contributed by atoms with van der Waals surface area (Å²) in [4.78, 5) is 37.4. The van der Waals surface area contributed by atoms with Crippen LogP contribution in [-0.2, 0) is 4.79 Å². The van der Waals surface area contributed by atoms with E-state index in [4.69, 9.17) is 0 Å². The van der Waals surface area contributed by atoms with Gasteiger partial charge >= 0.3 is 11.1 Å². The number of rotatable bonds is 5. The number of nitrogens with one attached hydrogen (secondary N) is 2. The van der Waals surface area contributed by atoms with Crippen LogP contribution in [0.1, 0.15) is 6.42 Å². The molecule has 1 aliphatic rings. The summed E-state index contributed by atoms with van der Waals surface area (Å²) in [7, 11) is 0. The number of carbonyl (C=O) groups is 2. The van der Waals surface area contributed by atoms with Crippen molar-refractivity contribution in [2.24, 2.45) is 0 Å². The van der Waals surface area contributed by atoms with Crippen LogP contribution >= 0.6 is 11.3 Å². The third kappa shape index (κ3) is 3.08. The van der Waals surface area contributed by atoms with Crippen LogP contribution in [0.5, 0.6) is 0 Å². The predicted molar refractivity (Wildman–Crippen MR) is 73.4 cm³/mol. The second-order valence-corrected chi connectivity index (χ2v) is 5.41. The Morgan fingerprint density at radius 1 is 1.76 bits per heavy atom. The van der Waals surface area contributed by atoms with Crippen LogP contribution in [0.15, 0.2) is 6.20 Å². The first kappa shape index (κ1) is 15.1. The fourth-order valence-electron chi connectivity index (χ4n) is 2.16. The zero-order chi connectivity index (χ0) is 15.5. The van der Waals surface area contributed by atoms with Gasteiger partial charge in [-0.3, -0.25) is 15.0 Å². The first-order valence-electron chi connectivity index (χ1n) is 6.02. The summed E-state index contributed by atoms with van der Waals surface area (Å²) < 4.78 is 0. The third-order valence-electron chi connectivity index (χ3n) is 3.11. The lowest BCUT2D eigenvalue weighted by Crippen LogP contribution is -2.67. The maximum atomic E-state index is 11.4. The number of anilines is 1. The minimum absolute atomic E-state index is 0.0975. The van der Waals surface area contributed by atoms with Gasteiger partial charge in [0.15, 0.2) is 5.13 Å². The summed E-state index contributed by atoms with van der Waals surface area (Å²) in [5.74, 6) is 0. The van der Waals surface area contributed by atoms with Gasteiger partial charge in [-0.05, 0) is 11.3 Å². The largest absolute Gasteiger partial charge is 0.465 e. The van der Waals surface area contributed by atoms with E-state index in [1.54, 1.807) is 0 Å². The number of hydrogen-bond donors (Lipinski definition) is 3. The number of carbonyl (C=O) groups excluding carboxylic acids is 1. The molecule has 0 bridgehead atoms. The van der Waals surface area contributed by atoms with E-state index in [0.29, 0.717) is 12.8 Å². The molecule has 11 heteroatoms. The van der Waals surface area contributed by atoms with Crippen LogP contribution in [0.3, 0.4) is 0 Å². The van der Waals surface area contributed by atoms with Gasteiger partial charge < -0.3 is 20.5 Å². The fraction of sp³-hybridized carbons (Fsp3) is 0.500. The predicted octanol–water partition coefficient (Wildman–Crippen LogP) is 0.332. The first-order valence-corrected chi connectivity index (χ1v) is 6.83. The van der Waals surface area contributed by atoms with Crippen molar-refractivity contribution in [3.63, 3.8) is 0 Å². The Labute approximate surface area is 122 Å². The van der Waals surface area contributed by atoms with Crippen molar-refractivity contribution in [1.82, 2.24) is 15.2 Å². The number of carboxylic acid groups (broad SMARTS) is 1. The van der Waals surface area contributed by atoms with Crippen LogP contribution in [0.4, 0.5) is 14.9 Å². The summed E-state index contributed by atoms with van der Waals surface area (Å²) >= 11 is 0.788. The molecule has 1 aromatic rings. The molecule has 10 nitrogen and oxygen atoms in total. The van der Waals surface area contributed by atoms with Gasteiger partial charge in [-0.1, -0.05) is 0 Å². The summed E-state index contributed by atoms with van der Waals surface area (Å²) in [6.07, 6.45) is 0.428. The molecule has 2 heterocycles. The number of thiazole rings is 1. The van der Waals surface area contributed by atoms with E-state index < -0.39 is 16.7 Å². The number of hydrogen-bond acceptors (Lipinski definition) is 8. The summed E-state index contributed by atoms with van der Waals surface area (Å²) in [5.41, 5.74) is -1.20. The molecule has 0 aliphatic carbocycles. The molecule has 2 rings (SSSR count). The average molecular weight is 315 g/mol. The molecule has 1 fully saturated rings. The van der Waals surface area contributed by atoms with Gasteiger partial charge in [0.25, 0.3) is 0 Å². The highest BCUT2D eigenvalue weighted by Gasteiger charge is 2.42. The minimum Gasteiger partial charge on any atom is -0.465 e. The highest BCUT2D eigenvalue weighted by atomic mass is 32.1. The monoisotopic (exact) mass is 315 g/mol. The molecule has 0 radical (unpaired) electrons. The van der Waals surface area contributed by atoms with Crippen molar-refractivity contribution in [2.75, 3.05) is 25.0 Å². The van der Waals surface area contributed by atoms with Gasteiger partial charge in [0.1, 0.15) is 18.1 Å². The maximum Gasteiger partial charge on any atom is 0.409 e. The lowest BCUT2D eigenvalue weighted by atomic mass is 10.0. The third-order valence-corrected chi connectivity index (χ3v) is 3.98. The molecule has 1 atom stereocenters. The lowest BCUT2D eigenvalue weighted by Gasteiger charge is -2.45. The molecule has 1 saturated heterocycles. The van der Waals surface area contributed by atoms with Crippen LogP contribution in [0.2, 0.25) is 0 Å². The molecule has 1 aromatic heterocycles. The highest BCUT2D eigenvalue weighted by Crippen LogP contribution is 2.30. The number of piperazine rings is 1. The van der Waals surface area contributed by atoms with Gasteiger partial charge in [0.2, 0.25) is 0 Å². The second-order valence-electron chi connectivity index (χ2n) is 4.40. The molecule has 21 heavy (non-hydrogen) atoms. The summed E-state index contributed by atoms with van der Waals surface area (Å²) in [6.45, 7) is 0.863. The molecule has 0 aromatic carbocycles. The Morgan fingerprint density at radius 3 is 3.10 bits per heavy atom. The van der Waals surface area contributed by atoms with E-state index in [-0.39, 0.29) is 29.6 Å². The molecule has 1 unspecified atom stereocenters. The zero-order valence-electron chi connectivity index (χ0n) is 10.8. The quantitative estimate of drug-likeness (QED) is 0.401. The summed E-state index contributed by atoms with van der Waals surface area (Å²) in [5, 5.41) is 25.8. The van der Waals surface area contributed by atoms with E-state index in [2.05, 4.69) is 15.6 Å². The molecule has 1 amide bonds. The van der Waals surface area contributed by atoms with Gasteiger partial charge in [0, 0.05) is 26.1 Å². The molecular weight excluding hydrogens is 302 g/mol. The number of nitro groups is 1. The molecule has 3 N–H and O–H groups in total. The van der Waals surface area contributed by atoms with E-state index in [1.807, 2.05) is 0 Å². The SMILES string of the molecule is O=CCC1(Nc2ncc([N+](=O)[O-])s2)CNCCN1C(=O)O. The van der Waals surface area contributed by atoms with E-state index in [1.165, 1.54) is 0 Å². The smallest absolute Gasteiger partial charge is 0.409 e. The van der Waals surface area contributed by atoms with Crippen molar-refractivity contribution in [2.45, 2.75) is 12.1 Å². The Balaban J connectivity index is 2.29. The number of aromatic nitrogens is 1. The number of nitrogens with zero attached hydrogens (tertiary/aromatic N) is 3. The van der Waals surface area contributed by atoms with Crippen LogP contribution in [0, 0.1) is 10.1 Å². The van der Waals surface area contributed by atoms with Crippen LogP contribution < -0.4 is 10.6 Å². The molecule has 1 aliphatic heterocycles. The normalized spacial score (nSPS) is 21.8. The first-order chi connectivity index (χ1) is 9.98. The fourth-order valence-corrected chi connectivity index (χ4v) is 2.89. The van der Waals surface area contributed by atoms with Crippen molar-refractivity contribution >= 4 is 33.8 Å². The van der Waals surface area contributed by atoms with Gasteiger partial charge in [-0.25, -0.2) is 9.78 Å². The topological polar surface area (TPSA) is 138 Å². The standard InChI is InChI=1S/C10H13N5O5S/c16-4-1-10(6-11-2-3-14(10)9(17)18)13-8-12-5-7(21-8)15(19)20/h4-5,11H,1-3,6H2,(H,12,13)(H,17,18). The van der Waals surface area contributed by atoms with E-state index >= 15 is 0 Å². The van der Waals surface area contributed by atoms with Crippen molar-refractivity contribution < 1.29 is 19.6 Å².